The van der Waals surface area contributed by atoms with Gasteiger partial charge in [0.2, 0.25) is 0 Å². The fourth-order valence-electron chi connectivity index (χ4n) is 2.45. The number of guanidine groups is 1. The molecule has 1 aromatic heterocycles. The lowest BCUT2D eigenvalue weighted by Gasteiger charge is -2.21. The zero-order valence-corrected chi connectivity index (χ0v) is 20.2. The largest absolute Gasteiger partial charge is 0.355 e. The molecule has 0 amide bonds. The minimum absolute atomic E-state index is 0. The minimum Gasteiger partial charge on any atom is -0.355 e. The lowest BCUT2D eigenvalue weighted by atomic mass is 10.1. The van der Waals surface area contributed by atoms with Crippen molar-refractivity contribution in [1.82, 2.24) is 20.4 Å². The van der Waals surface area contributed by atoms with E-state index in [1.54, 1.807) is 38.7 Å². The SMILES string of the molecule is CN=C(NCCS(=O)(=O)C(C)(C)C)NC(C)c1cccc(-n2cccn2)c1.I. The van der Waals surface area contributed by atoms with E-state index in [9.17, 15) is 8.42 Å². The van der Waals surface area contributed by atoms with Crippen LogP contribution < -0.4 is 10.6 Å². The van der Waals surface area contributed by atoms with Crippen LogP contribution in [0.5, 0.6) is 0 Å². The van der Waals surface area contributed by atoms with Gasteiger partial charge in [0.1, 0.15) is 0 Å². The number of aliphatic imine (C=N–C) groups is 1. The third-order valence-corrected chi connectivity index (χ3v) is 6.92. The summed E-state index contributed by atoms with van der Waals surface area (Å²) in [5.74, 6) is 0.622. The Bertz CT molecular complexity index is 874. The van der Waals surface area contributed by atoms with Crippen LogP contribution >= 0.6 is 24.0 Å². The first-order valence-corrected chi connectivity index (χ1v) is 10.6. The first-order chi connectivity index (χ1) is 12.6. The van der Waals surface area contributed by atoms with Gasteiger partial charge in [0.05, 0.1) is 22.2 Å². The first kappa shape index (κ1) is 24.4. The standard InChI is InChI=1S/C19H29N5O2S.HI/c1-15(16-8-6-9-17(14-16)24-12-7-10-22-24)23-18(20-5)21-11-13-27(25,26)19(2,3)4;/h6-10,12,14-15H,11,13H2,1-5H3,(H2,20,21,23);1H. The van der Waals surface area contributed by atoms with E-state index >= 15 is 0 Å². The van der Waals surface area contributed by atoms with Crippen LogP contribution in [-0.2, 0) is 9.84 Å². The number of hydrogen-bond acceptors (Lipinski definition) is 4. The molecule has 2 aromatic rings. The number of halogens is 1. The molecule has 156 valence electrons. The number of hydrogen-bond donors (Lipinski definition) is 2. The first-order valence-electron chi connectivity index (χ1n) is 8.93. The smallest absolute Gasteiger partial charge is 0.191 e. The van der Waals surface area contributed by atoms with Gasteiger partial charge in [0.15, 0.2) is 15.8 Å². The molecule has 0 aliphatic carbocycles. The van der Waals surface area contributed by atoms with Gasteiger partial charge in [0.25, 0.3) is 0 Å². The maximum Gasteiger partial charge on any atom is 0.191 e. The molecule has 1 atom stereocenters. The van der Waals surface area contributed by atoms with Crippen molar-refractivity contribution in [3.05, 3.63) is 48.3 Å². The topological polar surface area (TPSA) is 88.4 Å². The van der Waals surface area contributed by atoms with Gasteiger partial charge in [-0.3, -0.25) is 4.99 Å². The van der Waals surface area contributed by atoms with Crippen LogP contribution in [0.25, 0.3) is 5.69 Å². The van der Waals surface area contributed by atoms with Gasteiger partial charge < -0.3 is 10.6 Å². The van der Waals surface area contributed by atoms with E-state index in [4.69, 9.17) is 0 Å². The molecule has 1 aromatic carbocycles. The highest BCUT2D eigenvalue weighted by Gasteiger charge is 2.28. The maximum atomic E-state index is 12.2. The van der Waals surface area contributed by atoms with Crippen molar-refractivity contribution >= 4 is 39.8 Å². The highest BCUT2D eigenvalue weighted by Crippen LogP contribution is 2.17. The van der Waals surface area contributed by atoms with Gasteiger partial charge >= 0.3 is 0 Å². The summed E-state index contributed by atoms with van der Waals surface area (Å²) in [5.41, 5.74) is 2.05. The van der Waals surface area contributed by atoms with Crippen molar-refractivity contribution in [3.8, 4) is 5.69 Å². The summed E-state index contributed by atoms with van der Waals surface area (Å²) in [6.07, 6.45) is 3.64. The zero-order valence-electron chi connectivity index (χ0n) is 17.0. The lowest BCUT2D eigenvalue weighted by molar-refractivity contribution is 0.558. The van der Waals surface area contributed by atoms with Crippen molar-refractivity contribution in [1.29, 1.82) is 0 Å². The van der Waals surface area contributed by atoms with Crippen LogP contribution in [0.2, 0.25) is 0 Å². The van der Waals surface area contributed by atoms with E-state index in [0.29, 0.717) is 12.5 Å². The van der Waals surface area contributed by atoms with Gasteiger partial charge in [-0.15, -0.1) is 24.0 Å². The number of rotatable bonds is 6. The fourth-order valence-corrected chi connectivity index (χ4v) is 3.43. The summed E-state index contributed by atoms with van der Waals surface area (Å²) < 4.78 is 25.5. The number of benzene rings is 1. The van der Waals surface area contributed by atoms with E-state index in [0.717, 1.165) is 11.3 Å². The fraction of sp³-hybridized carbons (Fsp3) is 0.474. The molecule has 0 saturated carbocycles. The van der Waals surface area contributed by atoms with Crippen LogP contribution in [0, 0.1) is 0 Å². The number of nitrogens with zero attached hydrogens (tertiary/aromatic N) is 3. The molecular weight excluding hydrogens is 489 g/mol. The predicted octanol–water partition coefficient (Wildman–Crippen LogP) is 2.93. The molecule has 0 aliphatic rings. The lowest BCUT2D eigenvalue weighted by Crippen LogP contribution is -2.42. The van der Waals surface area contributed by atoms with E-state index < -0.39 is 14.6 Å². The van der Waals surface area contributed by atoms with E-state index in [-0.39, 0.29) is 35.8 Å². The highest BCUT2D eigenvalue weighted by atomic mass is 127. The van der Waals surface area contributed by atoms with Gasteiger partial charge in [-0.1, -0.05) is 12.1 Å². The molecule has 0 radical (unpaired) electrons. The Kier molecular flexibility index (Phi) is 8.93. The average Bonchev–Trinajstić information content (AvgIpc) is 3.14. The van der Waals surface area contributed by atoms with Crippen LogP contribution in [0.15, 0.2) is 47.7 Å². The maximum absolute atomic E-state index is 12.2. The molecular formula is C19H30IN5O2S. The monoisotopic (exact) mass is 519 g/mol. The van der Waals surface area contributed by atoms with Gasteiger partial charge in [0, 0.05) is 26.0 Å². The number of sulfone groups is 1. The third kappa shape index (κ3) is 6.47. The highest BCUT2D eigenvalue weighted by molar-refractivity contribution is 14.0. The van der Waals surface area contributed by atoms with Crippen molar-refractivity contribution in [2.75, 3.05) is 19.3 Å². The second kappa shape index (κ2) is 10.2. The average molecular weight is 519 g/mol. The molecule has 2 rings (SSSR count). The molecule has 7 nitrogen and oxygen atoms in total. The summed E-state index contributed by atoms with van der Waals surface area (Å²) in [6, 6.07) is 9.94. The van der Waals surface area contributed by atoms with Crippen molar-refractivity contribution < 1.29 is 8.42 Å². The molecule has 0 aliphatic heterocycles. The molecule has 0 bridgehead atoms. The van der Waals surface area contributed by atoms with Gasteiger partial charge in [-0.05, 0) is 51.5 Å². The second-order valence-electron chi connectivity index (χ2n) is 7.34. The Morgan fingerprint density at radius 3 is 2.57 bits per heavy atom. The van der Waals surface area contributed by atoms with E-state index in [1.165, 1.54) is 0 Å². The molecule has 0 spiro atoms. The van der Waals surface area contributed by atoms with Gasteiger partial charge in [-0.25, -0.2) is 13.1 Å². The summed E-state index contributed by atoms with van der Waals surface area (Å²) in [4.78, 5) is 4.19. The minimum atomic E-state index is -3.17. The Morgan fingerprint density at radius 2 is 2.00 bits per heavy atom. The predicted molar refractivity (Wildman–Crippen MR) is 125 cm³/mol. The van der Waals surface area contributed by atoms with E-state index in [1.807, 2.05) is 37.4 Å². The Hall–Kier alpha value is -1.62. The Labute approximate surface area is 185 Å². The van der Waals surface area contributed by atoms with E-state index in [2.05, 4.69) is 26.8 Å². The molecule has 0 fully saturated rings. The molecule has 0 saturated heterocycles. The number of nitrogens with one attached hydrogen (secondary N) is 2. The van der Waals surface area contributed by atoms with Crippen LogP contribution in [0.1, 0.15) is 39.3 Å². The Morgan fingerprint density at radius 1 is 1.29 bits per heavy atom. The normalized spacial score (nSPS) is 13.5. The van der Waals surface area contributed by atoms with Gasteiger partial charge in [-0.2, -0.15) is 5.10 Å². The zero-order chi connectivity index (χ0) is 20.1. The quantitative estimate of drug-likeness (QED) is 0.348. The summed E-state index contributed by atoms with van der Waals surface area (Å²) >= 11 is 0. The van der Waals surface area contributed by atoms with Crippen molar-refractivity contribution in [2.24, 2.45) is 4.99 Å². The summed E-state index contributed by atoms with van der Waals surface area (Å²) in [5, 5.41) is 10.6. The molecule has 9 heteroatoms. The third-order valence-electron chi connectivity index (χ3n) is 4.31. The molecule has 1 unspecified atom stereocenters. The van der Waals surface area contributed by atoms with Crippen molar-refractivity contribution in [3.63, 3.8) is 0 Å². The summed E-state index contributed by atoms with van der Waals surface area (Å²) in [6.45, 7) is 7.47. The molecule has 28 heavy (non-hydrogen) atoms. The van der Waals surface area contributed by atoms with Crippen LogP contribution in [0.3, 0.4) is 0 Å². The van der Waals surface area contributed by atoms with Crippen LogP contribution in [0.4, 0.5) is 0 Å². The second-order valence-corrected chi connectivity index (χ2v) is 10.2. The molecule has 1 heterocycles. The van der Waals surface area contributed by atoms with Crippen LogP contribution in [-0.4, -0.2) is 48.3 Å². The Balaban J connectivity index is 0.00000392. The number of aromatic nitrogens is 2. The molecule has 2 N–H and O–H groups in total. The summed E-state index contributed by atoms with van der Waals surface area (Å²) in [7, 11) is -1.50. The van der Waals surface area contributed by atoms with Crippen molar-refractivity contribution in [2.45, 2.75) is 38.5 Å².